The third-order valence-electron chi connectivity index (χ3n) is 5.38. The molecule has 2 aromatic carbocycles. The molecule has 0 bridgehead atoms. The smallest absolute Gasteiger partial charge is 0.270 e. The van der Waals surface area contributed by atoms with Gasteiger partial charge in [0.15, 0.2) is 22.4 Å². The number of nitrogens with one attached hydrogen (secondary N) is 3. The lowest BCUT2D eigenvalue weighted by Crippen LogP contribution is -2.27. The van der Waals surface area contributed by atoms with Crippen LogP contribution in [0.4, 0.5) is 18.9 Å². The van der Waals surface area contributed by atoms with Gasteiger partial charge in [-0.3, -0.25) is 14.6 Å². The molecule has 0 aliphatic carbocycles. The van der Waals surface area contributed by atoms with Crippen molar-refractivity contribution < 1.29 is 21.6 Å². The SMILES string of the molecule is Cn1cccc(S(=O)(=O)Nc2ccc(F)c(-c3ccc4c(-c5ncc[nH]5)[nH]nc4c3F)c2F)c1=O. The minimum atomic E-state index is -4.53. The average Bonchev–Trinajstić information content (AvgIpc) is 3.49. The number of nitrogens with zero attached hydrogens (tertiary/aromatic N) is 3. The van der Waals surface area contributed by atoms with Gasteiger partial charge in [0.25, 0.3) is 15.6 Å². The number of halogens is 3. The van der Waals surface area contributed by atoms with E-state index in [1.165, 1.54) is 31.6 Å². The molecule has 0 aliphatic rings. The maximum atomic E-state index is 15.4. The van der Waals surface area contributed by atoms with Crippen molar-refractivity contribution in [2.75, 3.05) is 4.72 Å². The van der Waals surface area contributed by atoms with Crippen LogP contribution < -0.4 is 10.3 Å². The van der Waals surface area contributed by atoms with Gasteiger partial charge in [-0.25, -0.2) is 26.6 Å². The van der Waals surface area contributed by atoms with Gasteiger partial charge in [0.2, 0.25) is 0 Å². The molecule has 3 N–H and O–H groups in total. The lowest BCUT2D eigenvalue weighted by Gasteiger charge is -2.13. The molecule has 0 saturated heterocycles. The molecule has 0 atom stereocenters. The number of aromatic amines is 2. The molecule has 5 rings (SSSR count). The largest absolute Gasteiger partial charge is 0.343 e. The van der Waals surface area contributed by atoms with Gasteiger partial charge in [0.05, 0.1) is 11.3 Å². The van der Waals surface area contributed by atoms with Crippen LogP contribution in [0.3, 0.4) is 0 Å². The molecule has 35 heavy (non-hydrogen) atoms. The Labute approximate surface area is 195 Å². The first-order chi connectivity index (χ1) is 16.7. The molecular formula is C22H15F3N6O3S. The predicted octanol–water partition coefficient (Wildman–Crippen LogP) is 3.54. The number of aryl methyl sites for hydroxylation is 1. The van der Waals surface area contributed by atoms with E-state index >= 15 is 8.78 Å². The number of pyridine rings is 1. The van der Waals surface area contributed by atoms with Crippen LogP contribution in [0.15, 0.2) is 64.7 Å². The van der Waals surface area contributed by atoms with Crippen molar-refractivity contribution in [3.8, 4) is 22.6 Å². The third kappa shape index (κ3) is 3.65. The highest BCUT2D eigenvalue weighted by Crippen LogP contribution is 2.36. The highest BCUT2D eigenvalue weighted by Gasteiger charge is 2.26. The summed E-state index contributed by atoms with van der Waals surface area (Å²) in [5.74, 6) is -3.12. The second-order valence-corrected chi connectivity index (χ2v) is 9.19. The van der Waals surface area contributed by atoms with E-state index in [4.69, 9.17) is 0 Å². The van der Waals surface area contributed by atoms with E-state index in [9.17, 15) is 17.6 Å². The Kier molecular flexibility index (Phi) is 5.20. The number of H-pyrrole nitrogens is 2. The molecule has 0 radical (unpaired) electrons. The maximum Gasteiger partial charge on any atom is 0.270 e. The van der Waals surface area contributed by atoms with Gasteiger partial charge >= 0.3 is 0 Å². The van der Waals surface area contributed by atoms with E-state index in [-0.39, 0.29) is 5.52 Å². The molecule has 0 fully saturated rings. The highest BCUT2D eigenvalue weighted by molar-refractivity contribution is 7.92. The number of benzene rings is 2. The van der Waals surface area contributed by atoms with Crippen LogP contribution >= 0.6 is 0 Å². The van der Waals surface area contributed by atoms with Gasteiger partial charge in [-0.2, -0.15) is 5.10 Å². The van der Waals surface area contributed by atoms with E-state index < -0.39 is 54.7 Å². The van der Waals surface area contributed by atoms with Gasteiger partial charge in [-0.15, -0.1) is 0 Å². The zero-order valence-electron chi connectivity index (χ0n) is 17.8. The average molecular weight is 500 g/mol. The predicted molar refractivity (Wildman–Crippen MR) is 121 cm³/mol. The van der Waals surface area contributed by atoms with E-state index in [0.717, 1.165) is 28.8 Å². The highest BCUT2D eigenvalue weighted by atomic mass is 32.2. The topological polar surface area (TPSA) is 126 Å². The molecule has 5 aromatic rings. The first-order valence-corrected chi connectivity index (χ1v) is 11.5. The number of anilines is 1. The summed E-state index contributed by atoms with van der Waals surface area (Å²) in [6, 6.07) is 6.59. The van der Waals surface area contributed by atoms with Crippen molar-refractivity contribution >= 4 is 26.6 Å². The summed E-state index contributed by atoms with van der Waals surface area (Å²) in [4.78, 5) is 18.5. The summed E-state index contributed by atoms with van der Waals surface area (Å²) in [6.45, 7) is 0. The molecular weight excluding hydrogens is 485 g/mol. The number of hydrogen-bond donors (Lipinski definition) is 3. The first kappa shape index (κ1) is 22.4. The van der Waals surface area contributed by atoms with Gasteiger partial charge < -0.3 is 9.55 Å². The van der Waals surface area contributed by atoms with Crippen molar-refractivity contribution in [1.82, 2.24) is 24.7 Å². The second kappa shape index (κ2) is 8.13. The van der Waals surface area contributed by atoms with E-state index in [0.29, 0.717) is 16.9 Å². The van der Waals surface area contributed by atoms with E-state index in [1.807, 2.05) is 4.72 Å². The number of rotatable bonds is 5. The summed E-state index contributed by atoms with van der Waals surface area (Å²) in [5.41, 5.74) is -2.58. The quantitative estimate of drug-likeness (QED) is 0.340. The van der Waals surface area contributed by atoms with Crippen molar-refractivity contribution in [3.05, 3.63) is 82.8 Å². The molecule has 0 unspecified atom stereocenters. The Hall–Kier alpha value is -4.39. The van der Waals surface area contributed by atoms with Gasteiger partial charge in [-0.1, -0.05) is 6.07 Å². The molecule has 13 heteroatoms. The fourth-order valence-corrected chi connectivity index (χ4v) is 4.87. The number of hydrogen-bond acceptors (Lipinski definition) is 5. The van der Waals surface area contributed by atoms with Crippen LogP contribution in [-0.4, -0.2) is 33.2 Å². The van der Waals surface area contributed by atoms with E-state index in [1.54, 1.807) is 6.20 Å². The Balaban J connectivity index is 1.61. The van der Waals surface area contributed by atoms with Crippen LogP contribution in [0, 0.1) is 17.5 Å². The van der Waals surface area contributed by atoms with E-state index in [2.05, 4.69) is 20.2 Å². The standard InChI is InChI=1S/C22H15F3N6O3S/c1-31-10-2-3-15(22(31)32)35(33,34)30-14-7-6-13(23)16(18(14)25)11-4-5-12-19(17(11)24)28-29-20(12)21-26-8-9-27-21/h2-10,30H,1H3,(H,26,27)(H,28,29). The summed E-state index contributed by atoms with van der Waals surface area (Å²) >= 11 is 0. The third-order valence-corrected chi connectivity index (χ3v) is 6.76. The monoisotopic (exact) mass is 500 g/mol. The Bertz CT molecular complexity index is 1760. The summed E-state index contributed by atoms with van der Waals surface area (Å²) in [5, 5.41) is 6.86. The van der Waals surface area contributed by atoms with Crippen LogP contribution in [-0.2, 0) is 17.1 Å². The molecule has 0 saturated carbocycles. The van der Waals surface area contributed by atoms with Crippen molar-refractivity contribution in [2.45, 2.75) is 4.90 Å². The Morgan fingerprint density at radius 1 is 1.06 bits per heavy atom. The summed E-state index contributed by atoms with van der Waals surface area (Å²) in [6.07, 6.45) is 4.41. The van der Waals surface area contributed by atoms with Crippen LogP contribution in [0.2, 0.25) is 0 Å². The maximum absolute atomic E-state index is 15.4. The van der Waals surface area contributed by atoms with Crippen molar-refractivity contribution in [2.24, 2.45) is 7.05 Å². The molecule has 3 heterocycles. The number of imidazole rings is 1. The molecule has 0 amide bonds. The van der Waals surface area contributed by atoms with Crippen molar-refractivity contribution in [3.63, 3.8) is 0 Å². The normalized spacial score (nSPS) is 11.8. The fourth-order valence-electron chi connectivity index (χ4n) is 3.68. The second-order valence-electron chi connectivity index (χ2n) is 7.54. The minimum absolute atomic E-state index is 0.188. The summed E-state index contributed by atoms with van der Waals surface area (Å²) < 4.78 is 73.9. The Morgan fingerprint density at radius 2 is 1.86 bits per heavy atom. The lowest BCUT2D eigenvalue weighted by molar-refractivity contribution is 0.582. The minimum Gasteiger partial charge on any atom is -0.343 e. The van der Waals surface area contributed by atoms with Gasteiger partial charge in [-0.05, 0) is 30.3 Å². The zero-order valence-corrected chi connectivity index (χ0v) is 18.6. The first-order valence-electron chi connectivity index (χ1n) is 10.0. The van der Waals surface area contributed by atoms with Crippen molar-refractivity contribution in [1.29, 1.82) is 0 Å². The number of fused-ring (bicyclic) bond motifs is 1. The van der Waals surface area contributed by atoms with Crippen LogP contribution in [0.5, 0.6) is 0 Å². The van der Waals surface area contributed by atoms with Gasteiger partial charge in [0.1, 0.15) is 17.0 Å². The molecule has 3 aromatic heterocycles. The molecule has 0 aliphatic heterocycles. The number of aromatic nitrogens is 5. The fraction of sp³-hybridized carbons (Fsp3) is 0.0455. The lowest BCUT2D eigenvalue weighted by atomic mass is 10.0. The number of sulfonamides is 1. The Morgan fingerprint density at radius 3 is 2.60 bits per heavy atom. The summed E-state index contributed by atoms with van der Waals surface area (Å²) in [7, 11) is -3.18. The van der Waals surface area contributed by atoms with Gasteiger partial charge in [0, 0.05) is 36.6 Å². The molecule has 9 nitrogen and oxygen atoms in total. The molecule has 178 valence electrons. The van der Waals surface area contributed by atoms with Crippen LogP contribution in [0.25, 0.3) is 33.5 Å². The zero-order chi connectivity index (χ0) is 24.9. The van der Waals surface area contributed by atoms with Crippen LogP contribution in [0.1, 0.15) is 0 Å². The molecule has 0 spiro atoms.